The van der Waals surface area contributed by atoms with E-state index in [1.807, 2.05) is 0 Å². The number of hydroxylamine groups is 1. The molecule has 0 atom stereocenters. The number of Topliss-reactive ketones (excluding diaryl/α,β-unsaturated/α-hetero) is 2. The van der Waals surface area contributed by atoms with Crippen LogP contribution < -0.4 is 5.48 Å². The van der Waals surface area contributed by atoms with Gasteiger partial charge in [0, 0.05) is 19.3 Å². The number of carbonyl (C=O) groups is 3. The number of nitrogens with one attached hydrogen (secondary N) is 1. The van der Waals surface area contributed by atoms with Crippen molar-refractivity contribution in [3.63, 3.8) is 0 Å². The molecule has 0 aromatic heterocycles. The van der Waals surface area contributed by atoms with Crippen LogP contribution in [0.1, 0.15) is 25.7 Å². The summed E-state index contributed by atoms with van der Waals surface area (Å²) in [5.41, 5.74) is 1.36. The molecule has 1 aliphatic carbocycles. The van der Waals surface area contributed by atoms with E-state index in [-0.39, 0.29) is 25.7 Å². The molecule has 0 heterocycles. The van der Waals surface area contributed by atoms with Gasteiger partial charge in [-0.15, -0.1) is 0 Å². The zero-order valence-electron chi connectivity index (χ0n) is 9.42. The van der Waals surface area contributed by atoms with E-state index in [1.165, 1.54) is 5.48 Å². The van der Waals surface area contributed by atoms with Crippen LogP contribution in [0.25, 0.3) is 0 Å². The van der Waals surface area contributed by atoms with Gasteiger partial charge in [0.1, 0.15) is 0 Å². The first kappa shape index (κ1) is 14.7. The van der Waals surface area contributed by atoms with E-state index in [4.69, 9.17) is 5.21 Å². The molecule has 0 aromatic carbocycles. The molecule has 102 valence electrons. The summed E-state index contributed by atoms with van der Waals surface area (Å²) in [5.74, 6) is -2.32. The Kier molecular flexibility index (Phi) is 4.93. The van der Waals surface area contributed by atoms with Crippen LogP contribution in [0.2, 0.25) is 0 Å². The van der Waals surface area contributed by atoms with Gasteiger partial charge < -0.3 is 0 Å². The molecule has 9 heteroatoms. The predicted octanol–water partition coefficient (Wildman–Crippen LogP) is -1.08. The third-order valence-corrected chi connectivity index (χ3v) is 3.64. The van der Waals surface area contributed by atoms with Gasteiger partial charge >= 0.3 is 0 Å². The normalized spacial score (nSPS) is 17.2. The van der Waals surface area contributed by atoms with Crippen LogP contribution in [0.5, 0.6) is 0 Å². The van der Waals surface area contributed by atoms with E-state index in [1.54, 1.807) is 0 Å². The smallest absolute Gasteiger partial charge is 0.268 e. The summed E-state index contributed by atoms with van der Waals surface area (Å²) in [6.45, 7) is 0. The van der Waals surface area contributed by atoms with Crippen molar-refractivity contribution in [1.29, 1.82) is 0 Å². The first-order valence-corrected chi connectivity index (χ1v) is 6.83. The highest BCUT2D eigenvalue weighted by Gasteiger charge is 2.37. The summed E-state index contributed by atoms with van der Waals surface area (Å²) in [6.07, 6.45) is -1.82. The van der Waals surface area contributed by atoms with Gasteiger partial charge in [0.2, 0.25) is 5.91 Å². The minimum atomic E-state index is -4.04. The number of amides is 1. The minimum Gasteiger partial charge on any atom is -0.296 e. The second-order valence-electron chi connectivity index (χ2n) is 3.81. The average molecular weight is 279 g/mol. The van der Waals surface area contributed by atoms with Crippen LogP contribution in [0.4, 0.5) is 0 Å². The number of hydrogen-bond donors (Lipinski definition) is 2. The highest BCUT2D eigenvalue weighted by molar-refractivity contribution is 7.86. The molecule has 1 amide bonds. The molecule has 0 radical (unpaired) electrons. The maximum absolute atomic E-state index is 11.4. The van der Waals surface area contributed by atoms with Crippen molar-refractivity contribution in [2.45, 2.75) is 31.8 Å². The second-order valence-corrected chi connectivity index (χ2v) is 5.53. The van der Waals surface area contributed by atoms with Crippen LogP contribution in [-0.4, -0.2) is 43.0 Å². The number of ketones is 2. The van der Waals surface area contributed by atoms with Crippen LogP contribution in [-0.2, 0) is 28.7 Å². The van der Waals surface area contributed by atoms with E-state index in [0.717, 1.165) is 0 Å². The maximum Gasteiger partial charge on any atom is 0.268 e. The standard InChI is InChI=1S/C9H13NO7S/c11-6-3-4-7(12)9(6)17-18(15,16)5-1-2-8(13)10-14/h9,14H,1-5H2,(H,10,13). The molecular weight excluding hydrogens is 266 g/mol. The molecule has 0 aromatic rings. The highest BCUT2D eigenvalue weighted by Crippen LogP contribution is 2.17. The Hall–Kier alpha value is -1.32. The summed E-state index contributed by atoms with van der Waals surface area (Å²) in [4.78, 5) is 33.0. The first-order valence-electron chi connectivity index (χ1n) is 5.25. The lowest BCUT2D eigenvalue weighted by molar-refractivity contribution is -0.131. The van der Waals surface area contributed by atoms with E-state index in [0.29, 0.717) is 0 Å². The van der Waals surface area contributed by atoms with Crippen molar-refractivity contribution in [3.8, 4) is 0 Å². The van der Waals surface area contributed by atoms with Crippen molar-refractivity contribution in [1.82, 2.24) is 5.48 Å². The Morgan fingerprint density at radius 2 is 1.89 bits per heavy atom. The van der Waals surface area contributed by atoms with Crippen LogP contribution in [0, 0.1) is 0 Å². The third-order valence-electron chi connectivity index (χ3n) is 2.37. The van der Waals surface area contributed by atoms with Gasteiger partial charge in [-0.05, 0) is 6.42 Å². The zero-order valence-corrected chi connectivity index (χ0v) is 10.2. The topological polar surface area (TPSA) is 127 Å². The molecule has 2 N–H and O–H groups in total. The number of carbonyl (C=O) groups excluding carboxylic acids is 3. The van der Waals surface area contributed by atoms with Gasteiger partial charge in [-0.3, -0.25) is 23.8 Å². The molecule has 1 rings (SSSR count). The molecule has 18 heavy (non-hydrogen) atoms. The van der Waals surface area contributed by atoms with Crippen molar-refractivity contribution < 1.29 is 32.2 Å². The summed E-state index contributed by atoms with van der Waals surface area (Å²) < 4.78 is 27.4. The Bertz CT molecular complexity index is 440. The lowest BCUT2D eigenvalue weighted by Crippen LogP contribution is -2.29. The van der Waals surface area contributed by atoms with Crippen LogP contribution in [0.15, 0.2) is 0 Å². The van der Waals surface area contributed by atoms with Crippen molar-refractivity contribution in [3.05, 3.63) is 0 Å². The number of rotatable bonds is 6. The van der Waals surface area contributed by atoms with E-state index in [9.17, 15) is 22.8 Å². The van der Waals surface area contributed by atoms with Gasteiger partial charge in [0.15, 0.2) is 17.7 Å². The van der Waals surface area contributed by atoms with Gasteiger partial charge in [-0.25, -0.2) is 5.48 Å². The minimum absolute atomic E-state index is 0.00800. The fraction of sp³-hybridized carbons (Fsp3) is 0.667. The van der Waals surface area contributed by atoms with E-state index >= 15 is 0 Å². The molecule has 8 nitrogen and oxygen atoms in total. The average Bonchev–Trinajstić information content (AvgIpc) is 2.60. The molecule has 1 aliphatic rings. The van der Waals surface area contributed by atoms with Crippen molar-refractivity contribution in [2.24, 2.45) is 0 Å². The summed E-state index contributed by atoms with van der Waals surface area (Å²) >= 11 is 0. The first-order chi connectivity index (χ1) is 8.35. The molecule has 0 bridgehead atoms. The summed E-state index contributed by atoms with van der Waals surface area (Å²) in [5, 5.41) is 8.19. The molecule has 1 saturated carbocycles. The van der Waals surface area contributed by atoms with Gasteiger partial charge in [0.05, 0.1) is 5.75 Å². The van der Waals surface area contributed by atoms with Crippen molar-refractivity contribution >= 4 is 27.6 Å². The van der Waals surface area contributed by atoms with Crippen LogP contribution >= 0.6 is 0 Å². The van der Waals surface area contributed by atoms with Crippen molar-refractivity contribution in [2.75, 3.05) is 5.75 Å². The molecular formula is C9H13NO7S. The van der Waals surface area contributed by atoms with Gasteiger partial charge in [-0.1, -0.05) is 0 Å². The fourth-order valence-electron chi connectivity index (χ4n) is 1.46. The zero-order chi connectivity index (χ0) is 13.8. The molecule has 0 aliphatic heterocycles. The van der Waals surface area contributed by atoms with E-state index < -0.39 is 39.4 Å². The fourth-order valence-corrected chi connectivity index (χ4v) is 2.56. The Morgan fingerprint density at radius 1 is 1.33 bits per heavy atom. The lowest BCUT2D eigenvalue weighted by Gasteiger charge is -2.08. The summed E-state index contributed by atoms with van der Waals surface area (Å²) in [7, 11) is -4.04. The Labute approximate surface area is 103 Å². The van der Waals surface area contributed by atoms with Gasteiger partial charge in [-0.2, -0.15) is 8.42 Å². The highest BCUT2D eigenvalue weighted by atomic mass is 32.2. The SMILES string of the molecule is O=C(CCCS(=O)(=O)OC1C(=O)CCC1=O)NO. The van der Waals surface area contributed by atoms with E-state index in [2.05, 4.69) is 4.18 Å². The Morgan fingerprint density at radius 3 is 2.39 bits per heavy atom. The van der Waals surface area contributed by atoms with Gasteiger partial charge in [0.25, 0.3) is 10.1 Å². The van der Waals surface area contributed by atoms with Crippen LogP contribution in [0.3, 0.4) is 0 Å². The third kappa shape index (κ3) is 4.17. The molecule has 0 spiro atoms. The summed E-state index contributed by atoms with van der Waals surface area (Å²) in [6, 6.07) is 0. The quantitative estimate of drug-likeness (QED) is 0.274. The molecule has 0 unspecified atom stereocenters. The maximum atomic E-state index is 11.4. The lowest BCUT2D eigenvalue weighted by atomic mass is 10.3. The predicted molar refractivity (Wildman–Crippen MR) is 57.1 cm³/mol. The monoisotopic (exact) mass is 279 g/mol. The Balaban J connectivity index is 2.47. The second kappa shape index (κ2) is 6.03. The largest absolute Gasteiger partial charge is 0.296 e. The molecule has 1 fully saturated rings. The molecule has 0 saturated heterocycles. The number of hydrogen-bond acceptors (Lipinski definition) is 7.